The molecule has 0 radical (unpaired) electrons. The van der Waals surface area contributed by atoms with Crippen molar-refractivity contribution in [2.75, 3.05) is 13.1 Å². The maximum atomic E-state index is 6.88. The van der Waals surface area contributed by atoms with Crippen molar-refractivity contribution in [1.29, 1.82) is 0 Å². The molecule has 1 aliphatic carbocycles. The van der Waals surface area contributed by atoms with Crippen LogP contribution in [0, 0.1) is 0 Å². The van der Waals surface area contributed by atoms with Gasteiger partial charge >= 0.3 is 0 Å². The van der Waals surface area contributed by atoms with Crippen LogP contribution in [0.25, 0.3) is 0 Å². The average Bonchev–Trinajstić information content (AvgIpc) is 2.85. The van der Waals surface area contributed by atoms with Gasteiger partial charge in [0.05, 0.1) is 5.60 Å². The summed E-state index contributed by atoms with van der Waals surface area (Å²) in [5.74, 6) is 0.991. The van der Waals surface area contributed by atoms with E-state index in [-0.39, 0.29) is 16.8 Å². The van der Waals surface area contributed by atoms with E-state index in [1.807, 2.05) is 0 Å². The molecule has 1 saturated carbocycles. The van der Waals surface area contributed by atoms with Crippen LogP contribution < -0.4 is 10.1 Å². The molecule has 1 aromatic carbocycles. The molecule has 0 aromatic heterocycles. The Kier molecular flexibility index (Phi) is 2.89. The van der Waals surface area contributed by atoms with Crippen molar-refractivity contribution >= 4 is 0 Å². The summed E-state index contributed by atoms with van der Waals surface area (Å²) in [6.07, 6.45) is 5.86. The van der Waals surface area contributed by atoms with Crippen molar-refractivity contribution in [3.05, 3.63) is 29.8 Å². The minimum atomic E-state index is -0.235. The highest BCUT2D eigenvalue weighted by Gasteiger charge is 2.53. The van der Waals surface area contributed by atoms with Gasteiger partial charge in [0.1, 0.15) is 17.0 Å². The number of rotatable bonds is 0. The number of morpholine rings is 1. The van der Waals surface area contributed by atoms with Crippen molar-refractivity contribution < 1.29 is 9.47 Å². The molecule has 2 aliphatic heterocycles. The van der Waals surface area contributed by atoms with Crippen LogP contribution in [0.5, 0.6) is 5.75 Å². The van der Waals surface area contributed by atoms with Crippen LogP contribution in [-0.2, 0) is 10.3 Å². The van der Waals surface area contributed by atoms with Crippen LogP contribution in [0.2, 0.25) is 0 Å². The number of nitrogens with one attached hydrogen (secondary N) is 1. The highest BCUT2D eigenvalue weighted by molar-refractivity contribution is 5.42. The van der Waals surface area contributed by atoms with Gasteiger partial charge in [-0.15, -0.1) is 0 Å². The molecule has 1 aromatic rings. The van der Waals surface area contributed by atoms with Gasteiger partial charge in [0.2, 0.25) is 0 Å². The number of hydrogen-bond donors (Lipinski definition) is 1. The van der Waals surface area contributed by atoms with Crippen molar-refractivity contribution in [1.82, 2.24) is 5.32 Å². The summed E-state index contributed by atoms with van der Waals surface area (Å²) >= 11 is 0. The highest BCUT2D eigenvalue weighted by atomic mass is 16.5. The lowest BCUT2D eigenvalue weighted by Gasteiger charge is -2.53. The van der Waals surface area contributed by atoms with E-state index in [1.165, 1.54) is 31.2 Å². The minimum Gasteiger partial charge on any atom is -0.487 e. The molecule has 2 heterocycles. The van der Waals surface area contributed by atoms with Crippen LogP contribution in [0.4, 0.5) is 0 Å². The van der Waals surface area contributed by atoms with Crippen molar-refractivity contribution in [3.8, 4) is 5.75 Å². The number of hydrogen-bond acceptors (Lipinski definition) is 3. The monoisotopic (exact) mass is 287 g/mol. The van der Waals surface area contributed by atoms with Gasteiger partial charge in [0.25, 0.3) is 0 Å². The third-order valence-corrected chi connectivity index (χ3v) is 5.26. The normalized spacial score (nSPS) is 32.9. The van der Waals surface area contributed by atoms with E-state index in [0.29, 0.717) is 0 Å². The number of para-hydroxylation sites is 1. The summed E-state index contributed by atoms with van der Waals surface area (Å²) in [6.45, 7) is 6.23. The zero-order valence-electron chi connectivity index (χ0n) is 13.1. The fraction of sp³-hybridized carbons (Fsp3) is 0.667. The number of ether oxygens (including phenoxy) is 2. The number of fused-ring (bicyclic) bond motifs is 2. The summed E-state index contributed by atoms with van der Waals surface area (Å²) in [4.78, 5) is 0. The molecule has 2 spiro atoms. The third kappa shape index (κ3) is 2.18. The maximum Gasteiger partial charge on any atom is 0.126 e. The van der Waals surface area contributed by atoms with Crippen molar-refractivity contribution in [3.63, 3.8) is 0 Å². The smallest absolute Gasteiger partial charge is 0.126 e. The number of benzene rings is 1. The highest BCUT2D eigenvalue weighted by Crippen LogP contribution is 2.51. The van der Waals surface area contributed by atoms with Gasteiger partial charge in [-0.25, -0.2) is 0 Å². The van der Waals surface area contributed by atoms with E-state index >= 15 is 0 Å². The van der Waals surface area contributed by atoms with Gasteiger partial charge in [-0.05, 0) is 32.8 Å². The van der Waals surface area contributed by atoms with Gasteiger partial charge in [0, 0.05) is 25.1 Å². The molecule has 21 heavy (non-hydrogen) atoms. The predicted octanol–water partition coefficient (Wildman–Crippen LogP) is 3.38. The molecule has 2 fully saturated rings. The first-order chi connectivity index (χ1) is 10.0. The second-order valence-corrected chi connectivity index (χ2v) is 7.62. The minimum absolute atomic E-state index is 0.0405. The molecule has 1 unspecified atom stereocenters. The fourth-order valence-corrected chi connectivity index (χ4v) is 4.57. The quantitative estimate of drug-likeness (QED) is 0.793. The fourth-order valence-electron chi connectivity index (χ4n) is 4.57. The molecule has 1 atom stereocenters. The molecule has 0 bridgehead atoms. The maximum absolute atomic E-state index is 6.88. The Balaban J connectivity index is 1.78. The van der Waals surface area contributed by atoms with Gasteiger partial charge in [-0.2, -0.15) is 0 Å². The summed E-state index contributed by atoms with van der Waals surface area (Å²) in [6, 6.07) is 8.41. The Labute approximate surface area is 127 Å². The topological polar surface area (TPSA) is 30.5 Å². The second-order valence-electron chi connectivity index (χ2n) is 7.62. The van der Waals surface area contributed by atoms with Crippen molar-refractivity contribution in [2.24, 2.45) is 0 Å². The SMILES string of the molecule is CC1(C)CC2(CNCC3(CCCC3)O2)c2ccccc2O1. The molecule has 4 rings (SSSR count). The van der Waals surface area contributed by atoms with Gasteiger partial charge < -0.3 is 14.8 Å². The molecular weight excluding hydrogens is 262 g/mol. The Morgan fingerprint density at radius 3 is 2.62 bits per heavy atom. The molecule has 3 aliphatic rings. The standard InChI is InChI=1S/C18H25NO2/c1-16(2)11-18(14-7-3-4-8-15(14)20-16)13-19-12-17(21-18)9-5-6-10-17/h3-4,7-8,19H,5-6,9-13H2,1-2H3. The zero-order chi connectivity index (χ0) is 14.6. The van der Waals surface area contributed by atoms with E-state index in [4.69, 9.17) is 9.47 Å². The van der Waals surface area contributed by atoms with E-state index < -0.39 is 0 Å². The van der Waals surface area contributed by atoms with E-state index in [2.05, 4.69) is 43.4 Å². The Hall–Kier alpha value is -1.06. The molecule has 0 amide bonds. The zero-order valence-corrected chi connectivity index (χ0v) is 13.1. The van der Waals surface area contributed by atoms with Crippen molar-refractivity contribution in [2.45, 2.75) is 62.8 Å². The first kappa shape index (κ1) is 13.6. The van der Waals surface area contributed by atoms with Crippen LogP contribution in [-0.4, -0.2) is 24.3 Å². The third-order valence-electron chi connectivity index (χ3n) is 5.26. The lowest BCUT2D eigenvalue weighted by atomic mass is 9.78. The Morgan fingerprint density at radius 1 is 1.05 bits per heavy atom. The van der Waals surface area contributed by atoms with Gasteiger partial charge in [0.15, 0.2) is 0 Å². The van der Waals surface area contributed by atoms with E-state index in [1.54, 1.807) is 0 Å². The molecular formula is C18H25NO2. The first-order valence-corrected chi connectivity index (χ1v) is 8.22. The largest absolute Gasteiger partial charge is 0.487 e. The van der Waals surface area contributed by atoms with Gasteiger partial charge in [-0.1, -0.05) is 31.0 Å². The summed E-state index contributed by atoms with van der Waals surface area (Å²) in [7, 11) is 0. The summed E-state index contributed by atoms with van der Waals surface area (Å²) in [5.41, 5.74) is 0.843. The van der Waals surface area contributed by atoms with Crippen LogP contribution >= 0.6 is 0 Å². The first-order valence-electron chi connectivity index (χ1n) is 8.22. The predicted molar refractivity (Wildman–Crippen MR) is 82.6 cm³/mol. The lowest BCUT2D eigenvalue weighted by molar-refractivity contribution is -0.208. The average molecular weight is 287 g/mol. The second kappa shape index (κ2) is 4.47. The lowest BCUT2D eigenvalue weighted by Crippen LogP contribution is -2.61. The molecule has 1 N–H and O–H groups in total. The van der Waals surface area contributed by atoms with Crippen LogP contribution in [0.3, 0.4) is 0 Å². The molecule has 1 saturated heterocycles. The molecule has 3 nitrogen and oxygen atoms in total. The van der Waals surface area contributed by atoms with E-state index in [9.17, 15) is 0 Å². The summed E-state index contributed by atoms with van der Waals surface area (Å²) in [5, 5.41) is 3.68. The van der Waals surface area contributed by atoms with Gasteiger partial charge in [-0.3, -0.25) is 0 Å². The molecule has 114 valence electrons. The summed E-state index contributed by atoms with van der Waals surface area (Å²) < 4.78 is 13.1. The van der Waals surface area contributed by atoms with Crippen LogP contribution in [0.1, 0.15) is 51.5 Å². The molecule has 3 heteroatoms. The Morgan fingerprint density at radius 2 is 1.81 bits per heavy atom. The Bertz CT molecular complexity index is 548. The van der Waals surface area contributed by atoms with Crippen LogP contribution in [0.15, 0.2) is 24.3 Å². The van der Waals surface area contributed by atoms with E-state index in [0.717, 1.165) is 25.3 Å².